The van der Waals surface area contributed by atoms with Crippen LogP contribution in [0.5, 0.6) is 0 Å². The third-order valence-electron chi connectivity index (χ3n) is 6.76. The molecule has 0 unspecified atom stereocenters. The second kappa shape index (κ2) is 8.34. The lowest BCUT2D eigenvalue weighted by molar-refractivity contribution is -0.138. The molecule has 1 aromatic rings. The molecular weight excluding hydrogens is 387 g/mol. The molecule has 0 bridgehead atoms. The maximum Gasteiger partial charge on any atom is 0.325 e. The molecule has 3 saturated heterocycles. The maximum atomic E-state index is 13.9. The van der Waals surface area contributed by atoms with Gasteiger partial charge in [-0.25, -0.2) is 9.18 Å². The molecule has 1 aromatic carbocycles. The highest BCUT2D eigenvalue weighted by Crippen LogP contribution is 2.32. The van der Waals surface area contributed by atoms with Crippen LogP contribution < -0.4 is 5.32 Å². The minimum atomic E-state index is -0.803. The SMILES string of the molecule is CCN1CCC2(CC1)NC(=O)N([C@@H]1CCCN(C(=O)Cc3ccccc3F)C1)C2=O. The number of rotatable bonds is 4. The summed E-state index contributed by atoms with van der Waals surface area (Å²) in [6.45, 7) is 5.47. The smallest absolute Gasteiger partial charge is 0.325 e. The van der Waals surface area contributed by atoms with Gasteiger partial charge >= 0.3 is 6.03 Å². The number of carbonyl (C=O) groups is 3. The van der Waals surface area contributed by atoms with Crippen molar-refractivity contribution >= 4 is 17.8 Å². The van der Waals surface area contributed by atoms with E-state index in [1.807, 2.05) is 0 Å². The molecule has 8 heteroatoms. The van der Waals surface area contributed by atoms with E-state index < -0.39 is 11.4 Å². The minimum Gasteiger partial charge on any atom is -0.340 e. The summed E-state index contributed by atoms with van der Waals surface area (Å²) in [5.74, 6) is -0.728. The van der Waals surface area contributed by atoms with Gasteiger partial charge in [0.15, 0.2) is 0 Å². The molecule has 3 aliphatic rings. The predicted molar refractivity (Wildman–Crippen MR) is 109 cm³/mol. The van der Waals surface area contributed by atoms with Gasteiger partial charge in [-0.3, -0.25) is 14.5 Å². The summed E-state index contributed by atoms with van der Waals surface area (Å²) in [6.07, 6.45) is 2.60. The van der Waals surface area contributed by atoms with Crippen molar-refractivity contribution in [3.8, 4) is 0 Å². The van der Waals surface area contributed by atoms with Crippen molar-refractivity contribution in [2.24, 2.45) is 0 Å². The molecule has 0 aromatic heterocycles. The van der Waals surface area contributed by atoms with E-state index in [-0.39, 0.29) is 30.3 Å². The number of hydrogen-bond acceptors (Lipinski definition) is 4. The van der Waals surface area contributed by atoms with Crippen LogP contribution in [0.4, 0.5) is 9.18 Å². The molecule has 7 nitrogen and oxygen atoms in total. The maximum absolute atomic E-state index is 13.9. The van der Waals surface area contributed by atoms with Crippen LogP contribution in [0.15, 0.2) is 24.3 Å². The van der Waals surface area contributed by atoms with Gasteiger partial charge in [-0.2, -0.15) is 0 Å². The van der Waals surface area contributed by atoms with Crippen LogP contribution in [0.2, 0.25) is 0 Å². The van der Waals surface area contributed by atoms with Crippen LogP contribution in [-0.4, -0.2) is 76.8 Å². The van der Waals surface area contributed by atoms with Gasteiger partial charge in [0.1, 0.15) is 11.4 Å². The highest BCUT2D eigenvalue weighted by Gasteiger charge is 2.54. The molecule has 3 aliphatic heterocycles. The van der Waals surface area contributed by atoms with Crippen LogP contribution in [0, 0.1) is 5.82 Å². The van der Waals surface area contributed by atoms with Crippen molar-refractivity contribution in [3.63, 3.8) is 0 Å². The Morgan fingerprint density at radius 3 is 2.63 bits per heavy atom. The first-order valence-corrected chi connectivity index (χ1v) is 10.8. The van der Waals surface area contributed by atoms with Crippen LogP contribution in [-0.2, 0) is 16.0 Å². The summed E-state index contributed by atoms with van der Waals surface area (Å²) < 4.78 is 13.9. The molecular formula is C22H29FN4O3. The Kier molecular flexibility index (Phi) is 5.77. The molecule has 3 heterocycles. The number of nitrogens with zero attached hydrogens (tertiary/aromatic N) is 3. The fourth-order valence-electron chi connectivity index (χ4n) is 4.87. The van der Waals surface area contributed by atoms with Gasteiger partial charge in [-0.15, -0.1) is 0 Å². The van der Waals surface area contributed by atoms with E-state index in [1.165, 1.54) is 11.0 Å². The summed E-state index contributed by atoms with van der Waals surface area (Å²) in [7, 11) is 0. The van der Waals surface area contributed by atoms with Crippen molar-refractivity contribution in [1.29, 1.82) is 0 Å². The van der Waals surface area contributed by atoms with Gasteiger partial charge in [0, 0.05) is 26.2 Å². The topological polar surface area (TPSA) is 73.0 Å². The number of halogens is 1. The Bertz CT molecular complexity index is 837. The Hall–Kier alpha value is -2.48. The Morgan fingerprint density at radius 1 is 1.20 bits per heavy atom. The third-order valence-corrected chi connectivity index (χ3v) is 6.76. The van der Waals surface area contributed by atoms with Crippen molar-refractivity contribution in [2.75, 3.05) is 32.7 Å². The molecule has 4 amide bonds. The normalized spacial score (nSPS) is 24.4. The van der Waals surface area contributed by atoms with Gasteiger partial charge in [-0.05, 0) is 43.9 Å². The first-order chi connectivity index (χ1) is 14.4. The van der Waals surface area contributed by atoms with Gasteiger partial charge in [0.25, 0.3) is 5.91 Å². The van der Waals surface area contributed by atoms with E-state index in [1.54, 1.807) is 23.1 Å². The second-order valence-corrected chi connectivity index (χ2v) is 8.53. The number of imide groups is 1. The molecule has 0 saturated carbocycles. The fourth-order valence-corrected chi connectivity index (χ4v) is 4.87. The fraction of sp³-hybridized carbons (Fsp3) is 0.591. The first-order valence-electron chi connectivity index (χ1n) is 10.8. The number of hydrogen-bond donors (Lipinski definition) is 1. The largest absolute Gasteiger partial charge is 0.340 e. The molecule has 1 spiro atoms. The predicted octanol–water partition coefficient (Wildman–Crippen LogP) is 1.77. The van der Waals surface area contributed by atoms with Gasteiger partial charge in [-0.1, -0.05) is 25.1 Å². The average molecular weight is 416 g/mol. The molecule has 1 atom stereocenters. The second-order valence-electron chi connectivity index (χ2n) is 8.53. The van der Waals surface area contributed by atoms with E-state index in [0.29, 0.717) is 44.3 Å². The average Bonchev–Trinajstić information content (AvgIpc) is 2.99. The quantitative estimate of drug-likeness (QED) is 0.760. The lowest BCUT2D eigenvalue weighted by Crippen LogP contribution is -2.56. The van der Waals surface area contributed by atoms with E-state index in [4.69, 9.17) is 0 Å². The van der Waals surface area contributed by atoms with Crippen molar-refractivity contribution in [2.45, 2.75) is 50.6 Å². The zero-order valence-corrected chi connectivity index (χ0v) is 17.4. The summed E-state index contributed by atoms with van der Waals surface area (Å²) in [5, 5.41) is 2.96. The number of likely N-dealkylation sites (tertiary alicyclic amines) is 2. The third kappa shape index (κ3) is 3.80. The zero-order chi connectivity index (χ0) is 21.3. The number of piperidine rings is 2. The van der Waals surface area contributed by atoms with Gasteiger partial charge in [0.2, 0.25) is 5.91 Å². The minimum absolute atomic E-state index is 0.0175. The number of carbonyl (C=O) groups excluding carboxylic acids is 3. The van der Waals surface area contributed by atoms with E-state index in [0.717, 1.165) is 19.6 Å². The number of nitrogens with one attached hydrogen (secondary N) is 1. The zero-order valence-electron chi connectivity index (χ0n) is 17.4. The van der Waals surface area contributed by atoms with E-state index in [9.17, 15) is 18.8 Å². The molecule has 30 heavy (non-hydrogen) atoms. The first kappa shape index (κ1) is 20.8. The summed E-state index contributed by atoms with van der Waals surface area (Å²) in [5.41, 5.74) is -0.441. The number of urea groups is 1. The van der Waals surface area contributed by atoms with Gasteiger partial charge < -0.3 is 15.1 Å². The Morgan fingerprint density at radius 2 is 1.93 bits per heavy atom. The van der Waals surface area contributed by atoms with E-state index >= 15 is 0 Å². The summed E-state index contributed by atoms with van der Waals surface area (Å²) in [6, 6.07) is 5.58. The molecule has 4 rings (SSSR count). The van der Waals surface area contributed by atoms with E-state index in [2.05, 4.69) is 17.1 Å². The van der Waals surface area contributed by atoms with Crippen LogP contribution in [0.1, 0.15) is 38.2 Å². The van der Waals surface area contributed by atoms with Crippen LogP contribution in [0.3, 0.4) is 0 Å². The number of benzene rings is 1. The Balaban J connectivity index is 1.43. The summed E-state index contributed by atoms with van der Waals surface area (Å²) >= 11 is 0. The van der Waals surface area contributed by atoms with Crippen LogP contribution >= 0.6 is 0 Å². The Labute approximate surface area is 176 Å². The standard InChI is InChI=1S/C22H29FN4O3/c1-2-25-12-9-22(10-13-25)20(29)27(21(30)24-22)17-7-5-11-26(15-17)19(28)14-16-6-3-4-8-18(16)23/h3-4,6,8,17H,2,5,7,9-15H2,1H3,(H,24,30)/t17-/m1/s1. The van der Waals surface area contributed by atoms with Crippen molar-refractivity contribution in [3.05, 3.63) is 35.6 Å². The molecule has 1 N–H and O–H groups in total. The highest BCUT2D eigenvalue weighted by atomic mass is 19.1. The lowest BCUT2D eigenvalue weighted by atomic mass is 9.87. The molecule has 0 radical (unpaired) electrons. The lowest BCUT2D eigenvalue weighted by Gasteiger charge is -2.39. The van der Waals surface area contributed by atoms with Crippen molar-refractivity contribution in [1.82, 2.24) is 20.0 Å². The van der Waals surface area contributed by atoms with Gasteiger partial charge in [0.05, 0.1) is 12.5 Å². The highest BCUT2D eigenvalue weighted by molar-refractivity contribution is 6.07. The van der Waals surface area contributed by atoms with Crippen molar-refractivity contribution < 1.29 is 18.8 Å². The molecule has 3 fully saturated rings. The molecule has 162 valence electrons. The van der Waals surface area contributed by atoms with Crippen LogP contribution in [0.25, 0.3) is 0 Å². The number of amides is 4. The summed E-state index contributed by atoms with van der Waals surface area (Å²) in [4.78, 5) is 44.1. The molecule has 0 aliphatic carbocycles. The monoisotopic (exact) mass is 416 g/mol.